The first-order valence-corrected chi connectivity index (χ1v) is 13.8. The van der Waals surface area contributed by atoms with Gasteiger partial charge in [-0.1, -0.05) is 23.5 Å². The van der Waals surface area contributed by atoms with Crippen LogP contribution in [0.3, 0.4) is 0 Å². The number of ether oxygens (including phenoxy) is 2. The van der Waals surface area contributed by atoms with Crippen LogP contribution in [-0.2, 0) is 9.53 Å². The molecule has 0 saturated carbocycles. The van der Waals surface area contributed by atoms with Gasteiger partial charge in [0.15, 0.2) is 4.80 Å². The van der Waals surface area contributed by atoms with Crippen LogP contribution in [0.4, 0.5) is 5.69 Å². The summed E-state index contributed by atoms with van der Waals surface area (Å²) in [7, 11) is 0. The van der Waals surface area contributed by atoms with Crippen LogP contribution in [-0.4, -0.2) is 28.2 Å². The second-order valence-electron chi connectivity index (χ2n) is 9.54. The number of aromatic nitrogens is 1. The third-order valence-electron chi connectivity index (χ3n) is 6.35. The number of nitro groups is 1. The van der Waals surface area contributed by atoms with Crippen molar-refractivity contribution in [1.29, 1.82) is 0 Å². The van der Waals surface area contributed by atoms with Crippen molar-refractivity contribution in [2.45, 2.75) is 39.8 Å². The Balaban J connectivity index is 1.57. The van der Waals surface area contributed by atoms with Gasteiger partial charge in [0.2, 0.25) is 0 Å². The molecule has 210 valence electrons. The molecule has 0 saturated heterocycles. The molecule has 1 atom stereocenters. The van der Waals surface area contributed by atoms with Crippen LogP contribution in [0.5, 0.6) is 5.75 Å². The number of fused-ring (bicyclic) bond motifs is 1. The van der Waals surface area contributed by atoms with Gasteiger partial charge in [0.25, 0.3) is 11.2 Å². The number of carbonyl (C=O) groups excluding carboxylic acids is 1. The summed E-state index contributed by atoms with van der Waals surface area (Å²) in [5, 5.41) is 11.0. The van der Waals surface area contributed by atoms with Crippen LogP contribution < -0.4 is 19.6 Å². The summed E-state index contributed by atoms with van der Waals surface area (Å²) in [6, 6.07) is 16.0. The monoisotopic (exact) mass is 573 g/mol. The number of non-ortho nitro benzene ring substituents is 1. The molecule has 11 heteroatoms. The maximum atomic E-state index is 13.8. The van der Waals surface area contributed by atoms with Crippen LogP contribution in [0.15, 0.2) is 86.1 Å². The molecular formula is C30H27N3O7S. The molecule has 0 bridgehead atoms. The molecule has 0 N–H and O–H groups in total. The highest BCUT2D eigenvalue weighted by Gasteiger charge is 2.33. The zero-order chi connectivity index (χ0) is 29.3. The summed E-state index contributed by atoms with van der Waals surface area (Å²) in [6.07, 6.45) is 1.62. The minimum atomic E-state index is -0.743. The van der Waals surface area contributed by atoms with Crippen LogP contribution in [0, 0.1) is 10.1 Å². The highest BCUT2D eigenvalue weighted by Crippen LogP contribution is 2.32. The largest absolute Gasteiger partial charge is 0.491 e. The maximum Gasteiger partial charge on any atom is 0.338 e. The van der Waals surface area contributed by atoms with E-state index in [1.807, 2.05) is 38.1 Å². The minimum absolute atomic E-state index is 0.00159. The van der Waals surface area contributed by atoms with Crippen molar-refractivity contribution in [3.63, 3.8) is 0 Å². The molecule has 3 heterocycles. The molecule has 2 aromatic heterocycles. The maximum absolute atomic E-state index is 13.8. The molecule has 0 aliphatic carbocycles. The van der Waals surface area contributed by atoms with E-state index in [1.54, 1.807) is 44.2 Å². The van der Waals surface area contributed by atoms with Gasteiger partial charge >= 0.3 is 5.97 Å². The van der Waals surface area contributed by atoms with Crippen LogP contribution in [0.2, 0.25) is 0 Å². The van der Waals surface area contributed by atoms with E-state index in [-0.39, 0.29) is 24.0 Å². The Morgan fingerprint density at radius 3 is 2.49 bits per heavy atom. The highest BCUT2D eigenvalue weighted by molar-refractivity contribution is 7.07. The number of hydrogen-bond acceptors (Lipinski definition) is 9. The summed E-state index contributed by atoms with van der Waals surface area (Å²) >= 11 is 1.19. The number of nitrogens with zero attached hydrogens (tertiary/aromatic N) is 3. The van der Waals surface area contributed by atoms with E-state index in [0.717, 1.165) is 0 Å². The van der Waals surface area contributed by atoms with Gasteiger partial charge in [0.1, 0.15) is 17.3 Å². The molecule has 1 aliphatic rings. The Labute approximate surface area is 238 Å². The fraction of sp³-hybridized carbons (Fsp3) is 0.233. The first-order chi connectivity index (χ1) is 19.7. The van der Waals surface area contributed by atoms with Gasteiger partial charge in [-0.25, -0.2) is 9.79 Å². The van der Waals surface area contributed by atoms with Gasteiger partial charge in [0.05, 0.1) is 39.5 Å². The Kier molecular flexibility index (Phi) is 7.71. The van der Waals surface area contributed by atoms with Crippen molar-refractivity contribution < 1.29 is 23.6 Å². The number of hydrogen-bond donors (Lipinski definition) is 0. The van der Waals surface area contributed by atoms with Crippen LogP contribution in [0.25, 0.3) is 17.4 Å². The lowest BCUT2D eigenvalue weighted by atomic mass is 9.96. The van der Waals surface area contributed by atoms with E-state index in [1.165, 1.54) is 28.0 Å². The van der Waals surface area contributed by atoms with Gasteiger partial charge in [0, 0.05) is 23.8 Å². The summed E-state index contributed by atoms with van der Waals surface area (Å²) in [4.78, 5) is 42.4. The lowest BCUT2D eigenvalue weighted by molar-refractivity contribution is -0.384. The van der Waals surface area contributed by atoms with Crippen molar-refractivity contribution in [3.05, 3.63) is 113 Å². The zero-order valence-corrected chi connectivity index (χ0v) is 23.6. The summed E-state index contributed by atoms with van der Waals surface area (Å²) in [6.45, 7) is 7.51. The lowest BCUT2D eigenvalue weighted by Crippen LogP contribution is -2.39. The number of allylic oxidation sites excluding steroid dienone is 1. The Morgan fingerprint density at radius 2 is 1.85 bits per heavy atom. The number of rotatable bonds is 8. The molecule has 10 nitrogen and oxygen atoms in total. The number of benzene rings is 2. The number of esters is 1. The quantitative estimate of drug-likeness (QED) is 0.169. The van der Waals surface area contributed by atoms with E-state index in [2.05, 4.69) is 4.99 Å². The molecule has 0 fully saturated rings. The first-order valence-electron chi connectivity index (χ1n) is 13.0. The van der Waals surface area contributed by atoms with Crippen molar-refractivity contribution in [2.24, 2.45) is 4.99 Å². The summed E-state index contributed by atoms with van der Waals surface area (Å²) < 4.78 is 18.9. The van der Waals surface area contributed by atoms with Crippen molar-refractivity contribution in [2.75, 3.05) is 6.61 Å². The predicted octanol–water partition coefficient (Wildman–Crippen LogP) is 4.75. The van der Waals surface area contributed by atoms with Gasteiger partial charge < -0.3 is 13.9 Å². The third kappa shape index (κ3) is 5.62. The van der Waals surface area contributed by atoms with E-state index in [4.69, 9.17) is 13.9 Å². The number of furan rings is 1. The average molecular weight is 574 g/mol. The van der Waals surface area contributed by atoms with Crippen LogP contribution in [0.1, 0.15) is 45.1 Å². The van der Waals surface area contributed by atoms with Gasteiger partial charge in [-0.15, -0.1) is 0 Å². The molecule has 0 amide bonds. The molecule has 4 aromatic rings. The Morgan fingerprint density at radius 1 is 1.15 bits per heavy atom. The minimum Gasteiger partial charge on any atom is -0.491 e. The standard InChI is InChI=1S/C30H27N3O7S/c1-5-38-29(35)26-18(4)31-30-32(27(26)20-8-12-22(13-9-20)39-17(2)3)28(34)25(41-30)16-23-14-15-24(40-23)19-6-10-21(11-7-19)33(36)37/h6-17,27H,5H2,1-4H3/b25-16-/t27-/m1/s1. The molecule has 0 unspecified atom stereocenters. The number of nitro benzene ring substituents is 1. The molecule has 0 radical (unpaired) electrons. The normalized spacial score (nSPS) is 15.0. The molecule has 1 aliphatic heterocycles. The molecule has 0 spiro atoms. The van der Waals surface area contributed by atoms with Crippen molar-refractivity contribution in [3.8, 4) is 17.1 Å². The summed E-state index contributed by atoms with van der Waals surface area (Å²) in [5.74, 6) is 1.07. The SMILES string of the molecule is CCOC(=O)C1=C(C)N=c2s/c(=C\c3ccc(-c4ccc([N+](=O)[O-])cc4)o3)c(=O)n2[C@@H]1c1ccc(OC(C)C)cc1. The lowest BCUT2D eigenvalue weighted by Gasteiger charge is -2.25. The molecule has 5 rings (SSSR count). The van der Waals surface area contributed by atoms with Gasteiger partial charge in [-0.3, -0.25) is 19.5 Å². The zero-order valence-electron chi connectivity index (χ0n) is 22.8. The topological polar surface area (TPSA) is 126 Å². The van der Waals surface area contributed by atoms with E-state index in [0.29, 0.717) is 49.0 Å². The first kappa shape index (κ1) is 27.8. The third-order valence-corrected chi connectivity index (χ3v) is 7.33. The van der Waals surface area contributed by atoms with Gasteiger partial charge in [-0.05, 0) is 69.7 Å². The Bertz CT molecular complexity index is 1830. The molecule has 2 aromatic carbocycles. The smallest absolute Gasteiger partial charge is 0.338 e. The Hall–Kier alpha value is -4.77. The number of thiazole rings is 1. The second kappa shape index (κ2) is 11.4. The van der Waals surface area contributed by atoms with Crippen molar-refractivity contribution >= 4 is 29.1 Å². The molecule has 41 heavy (non-hydrogen) atoms. The fourth-order valence-corrected chi connectivity index (χ4v) is 5.60. The van der Waals surface area contributed by atoms with E-state index in [9.17, 15) is 19.7 Å². The highest BCUT2D eigenvalue weighted by atomic mass is 32.1. The molecular weight excluding hydrogens is 546 g/mol. The predicted molar refractivity (Wildman–Crippen MR) is 153 cm³/mol. The van der Waals surface area contributed by atoms with Crippen molar-refractivity contribution in [1.82, 2.24) is 4.57 Å². The van der Waals surface area contributed by atoms with Crippen LogP contribution >= 0.6 is 11.3 Å². The average Bonchev–Trinajstić information content (AvgIpc) is 3.52. The van der Waals surface area contributed by atoms with E-state index >= 15 is 0 Å². The second-order valence-corrected chi connectivity index (χ2v) is 10.6. The van der Waals surface area contributed by atoms with Gasteiger partial charge in [-0.2, -0.15) is 0 Å². The van der Waals surface area contributed by atoms with E-state index < -0.39 is 16.9 Å². The number of carbonyl (C=O) groups is 1. The fourth-order valence-electron chi connectivity index (χ4n) is 4.57. The summed E-state index contributed by atoms with van der Waals surface area (Å²) in [5.41, 5.74) is 1.80.